The highest BCUT2D eigenvalue weighted by Gasteiger charge is 2.29. The minimum atomic E-state index is -3.69. The van der Waals surface area contributed by atoms with Crippen molar-refractivity contribution in [3.63, 3.8) is 0 Å². The van der Waals surface area contributed by atoms with E-state index in [9.17, 15) is 18.3 Å². The third-order valence-corrected chi connectivity index (χ3v) is 3.59. The molecule has 0 amide bonds. The van der Waals surface area contributed by atoms with Crippen LogP contribution >= 0.6 is 0 Å². The van der Waals surface area contributed by atoms with E-state index in [1.54, 1.807) is 12.1 Å². The van der Waals surface area contributed by atoms with Crippen LogP contribution in [0.5, 0.6) is 5.75 Å². The maximum absolute atomic E-state index is 11.2. The zero-order valence-corrected chi connectivity index (χ0v) is 9.44. The van der Waals surface area contributed by atoms with E-state index in [4.69, 9.17) is 5.11 Å². The van der Waals surface area contributed by atoms with Gasteiger partial charge < -0.3 is 10.2 Å². The van der Waals surface area contributed by atoms with Crippen molar-refractivity contribution in [2.75, 3.05) is 6.26 Å². The molecule has 0 fully saturated rings. The van der Waals surface area contributed by atoms with E-state index in [-0.39, 0.29) is 12.2 Å². The van der Waals surface area contributed by atoms with E-state index in [1.807, 2.05) is 0 Å². The van der Waals surface area contributed by atoms with Gasteiger partial charge in [-0.15, -0.1) is 0 Å². The number of benzene rings is 1. The van der Waals surface area contributed by atoms with Crippen LogP contribution in [-0.4, -0.2) is 36.1 Å². The Balaban J connectivity index is 3.03. The number of carboxylic acid groups (broad SMARTS) is 1. The van der Waals surface area contributed by atoms with Crippen LogP contribution in [0.1, 0.15) is 5.56 Å². The molecule has 2 N–H and O–H groups in total. The number of carboxylic acids is 1. The SMILES string of the molecule is CS(=O)(=O)C(Cc1ccccc1O)C(=O)O. The summed E-state index contributed by atoms with van der Waals surface area (Å²) in [7, 11) is -3.69. The van der Waals surface area contributed by atoms with E-state index in [0.717, 1.165) is 6.26 Å². The lowest BCUT2D eigenvalue weighted by Crippen LogP contribution is -2.31. The molecule has 5 nitrogen and oxygen atoms in total. The number of rotatable bonds is 4. The Labute approximate surface area is 93.3 Å². The average molecular weight is 244 g/mol. The lowest BCUT2D eigenvalue weighted by atomic mass is 10.1. The quantitative estimate of drug-likeness (QED) is 0.801. The Morgan fingerprint density at radius 1 is 1.38 bits per heavy atom. The van der Waals surface area contributed by atoms with Crippen LogP contribution in [0.4, 0.5) is 0 Å². The molecule has 0 saturated carbocycles. The molecule has 0 saturated heterocycles. The number of phenolic OH excluding ortho intramolecular Hbond substituents is 1. The summed E-state index contributed by atoms with van der Waals surface area (Å²) in [4.78, 5) is 10.8. The van der Waals surface area contributed by atoms with Crippen molar-refractivity contribution in [2.45, 2.75) is 11.7 Å². The highest BCUT2D eigenvalue weighted by Crippen LogP contribution is 2.19. The topological polar surface area (TPSA) is 91.7 Å². The second-order valence-electron chi connectivity index (χ2n) is 3.49. The fourth-order valence-electron chi connectivity index (χ4n) is 1.30. The standard InChI is InChI=1S/C10H12O5S/c1-16(14,15)9(10(12)13)6-7-4-2-3-5-8(7)11/h2-5,9,11H,6H2,1H3,(H,12,13). The third kappa shape index (κ3) is 2.96. The second kappa shape index (κ2) is 4.52. The summed E-state index contributed by atoms with van der Waals surface area (Å²) < 4.78 is 22.5. The van der Waals surface area contributed by atoms with E-state index in [1.165, 1.54) is 12.1 Å². The van der Waals surface area contributed by atoms with Gasteiger partial charge in [-0.3, -0.25) is 4.79 Å². The van der Waals surface area contributed by atoms with Gasteiger partial charge in [-0.25, -0.2) is 8.42 Å². The van der Waals surface area contributed by atoms with Crippen molar-refractivity contribution in [1.29, 1.82) is 0 Å². The van der Waals surface area contributed by atoms with E-state index < -0.39 is 21.1 Å². The van der Waals surface area contributed by atoms with Crippen LogP contribution in [0.3, 0.4) is 0 Å². The molecule has 88 valence electrons. The number of aromatic hydroxyl groups is 1. The van der Waals surface area contributed by atoms with Gasteiger partial charge in [0.2, 0.25) is 0 Å². The van der Waals surface area contributed by atoms with Crippen molar-refractivity contribution < 1.29 is 23.4 Å². The molecule has 0 radical (unpaired) electrons. The van der Waals surface area contributed by atoms with Crippen LogP contribution in [0, 0.1) is 0 Å². The van der Waals surface area contributed by atoms with Gasteiger partial charge in [-0.05, 0) is 11.6 Å². The highest BCUT2D eigenvalue weighted by molar-refractivity contribution is 7.92. The first-order valence-electron chi connectivity index (χ1n) is 4.51. The molecule has 6 heteroatoms. The van der Waals surface area contributed by atoms with Gasteiger partial charge in [0.1, 0.15) is 5.75 Å². The number of aliphatic carboxylic acids is 1. The largest absolute Gasteiger partial charge is 0.508 e. The predicted molar refractivity (Wildman–Crippen MR) is 58.1 cm³/mol. The zero-order chi connectivity index (χ0) is 12.3. The smallest absolute Gasteiger partial charge is 0.322 e. The number of sulfone groups is 1. The maximum Gasteiger partial charge on any atom is 0.322 e. The molecule has 0 aromatic heterocycles. The van der Waals surface area contributed by atoms with Gasteiger partial charge in [0.05, 0.1) is 0 Å². The van der Waals surface area contributed by atoms with E-state index >= 15 is 0 Å². The summed E-state index contributed by atoms with van der Waals surface area (Å²) in [5, 5.41) is 16.7. The molecule has 0 spiro atoms. The van der Waals surface area contributed by atoms with Gasteiger partial charge in [-0.2, -0.15) is 0 Å². The predicted octanol–water partition coefficient (Wildman–Crippen LogP) is 0.432. The first-order valence-corrected chi connectivity index (χ1v) is 6.46. The van der Waals surface area contributed by atoms with Crippen molar-refractivity contribution in [3.8, 4) is 5.75 Å². The number of phenols is 1. The molecule has 0 heterocycles. The average Bonchev–Trinajstić information content (AvgIpc) is 2.14. The van der Waals surface area contributed by atoms with Gasteiger partial charge in [-0.1, -0.05) is 18.2 Å². The van der Waals surface area contributed by atoms with Crippen molar-refractivity contribution in [1.82, 2.24) is 0 Å². The van der Waals surface area contributed by atoms with Crippen LogP contribution in [0.2, 0.25) is 0 Å². The Kier molecular flexibility index (Phi) is 3.54. The molecule has 1 unspecified atom stereocenters. The molecule has 1 atom stereocenters. The van der Waals surface area contributed by atoms with Gasteiger partial charge in [0.25, 0.3) is 0 Å². The molecule has 0 bridgehead atoms. The lowest BCUT2D eigenvalue weighted by Gasteiger charge is -2.11. The van der Waals surface area contributed by atoms with Gasteiger partial charge in [0, 0.05) is 12.7 Å². The van der Waals surface area contributed by atoms with Crippen LogP contribution in [0.25, 0.3) is 0 Å². The minimum Gasteiger partial charge on any atom is -0.508 e. The second-order valence-corrected chi connectivity index (χ2v) is 5.72. The lowest BCUT2D eigenvalue weighted by molar-refractivity contribution is -0.136. The van der Waals surface area contributed by atoms with Crippen LogP contribution in [0.15, 0.2) is 24.3 Å². The molecule has 0 aliphatic rings. The first kappa shape index (κ1) is 12.5. The molecule has 0 aliphatic carbocycles. The Morgan fingerprint density at radius 2 is 1.94 bits per heavy atom. The first-order chi connectivity index (χ1) is 7.32. The summed E-state index contributed by atoms with van der Waals surface area (Å²) in [6, 6.07) is 6.07. The number of carbonyl (C=O) groups is 1. The normalized spacial score (nSPS) is 13.3. The Hall–Kier alpha value is -1.56. The number of para-hydroxylation sites is 1. The molecule has 0 aliphatic heterocycles. The summed E-state index contributed by atoms with van der Waals surface area (Å²) in [5.74, 6) is -1.51. The van der Waals surface area contributed by atoms with E-state index in [0.29, 0.717) is 5.56 Å². The van der Waals surface area contributed by atoms with E-state index in [2.05, 4.69) is 0 Å². The third-order valence-electron chi connectivity index (χ3n) is 2.19. The monoisotopic (exact) mass is 244 g/mol. The molecule has 1 rings (SSSR count). The molecule has 1 aromatic carbocycles. The summed E-state index contributed by atoms with van der Waals surface area (Å²) in [6.45, 7) is 0. The number of hydrogen-bond acceptors (Lipinski definition) is 4. The Morgan fingerprint density at radius 3 is 2.38 bits per heavy atom. The van der Waals surface area contributed by atoms with Gasteiger partial charge >= 0.3 is 5.97 Å². The minimum absolute atomic E-state index is 0.0996. The fraction of sp³-hybridized carbons (Fsp3) is 0.300. The Bertz CT molecular complexity index is 492. The molecule has 1 aromatic rings. The van der Waals surface area contributed by atoms with Crippen molar-refractivity contribution in [2.24, 2.45) is 0 Å². The molecule has 16 heavy (non-hydrogen) atoms. The summed E-state index contributed by atoms with van der Waals surface area (Å²) in [6.07, 6.45) is 0.632. The number of hydrogen-bond donors (Lipinski definition) is 2. The van der Waals surface area contributed by atoms with Crippen molar-refractivity contribution >= 4 is 15.8 Å². The van der Waals surface area contributed by atoms with Gasteiger partial charge in [0.15, 0.2) is 15.1 Å². The maximum atomic E-state index is 11.2. The highest BCUT2D eigenvalue weighted by atomic mass is 32.2. The van der Waals surface area contributed by atoms with Crippen LogP contribution in [-0.2, 0) is 21.1 Å². The molecular weight excluding hydrogens is 232 g/mol. The summed E-state index contributed by atoms with van der Waals surface area (Å²) >= 11 is 0. The molecular formula is C10H12O5S. The zero-order valence-electron chi connectivity index (χ0n) is 8.62. The summed E-state index contributed by atoms with van der Waals surface area (Å²) in [5.41, 5.74) is 0.306. The van der Waals surface area contributed by atoms with Crippen molar-refractivity contribution in [3.05, 3.63) is 29.8 Å². The van der Waals surface area contributed by atoms with Crippen LogP contribution < -0.4 is 0 Å². The fourth-order valence-corrected chi connectivity index (χ4v) is 2.15.